The summed E-state index contributed by atoms with van der Waals surface area (Å²) in [4.78, 5) is 50.1. The highest BCUT2D eigenvalue weighted by Gasteiger charge is 2.41. The van der Waals surface area contributed by atoms with E-state index < -0.39 is 45.5 Å². The van der Waals surface area contributed by atoms with Crippen LogP contribution in [0.2, 0.25) is 0 Å². The molecule has 2 atom stereocenters. The third-order valence-corrected chi connectivity index (χ3v) is 6.22. The number of carbonyl (C=O) groups excluding carboxylic acids is 2. The lowest BCUT2D eigenvalue weighted by Crippen LogP contribution is -2.47. The first-order valence-corrected chi connectivity index (χ1v) is 11.6. The molecule has 1 aliphatic heterocycles. The molecule has 38 heavy (non-hydrogen) atoms. The molecule has 0 saturated carbocycles. The van der Waals surface area contributed by atoms with Crippen molar-refractivity contribution in [3.05, 3.63) is 61.7 Å². The number of rotatable bonds is 8. The predicted molar refractivity (Wildman–Crippen MR) is 134 cm³/mol. The minimum Gasteiger partial charge on any atom is -0.493 e. The summed E-state index contributed by atoms with van der Waals surface area (Å²) in [5.41, 5.74) is -0.0181. The van der Waals surface area contributed by atoms with E-state index >= 15 is 0 Å². The van der Waals surface area contributed by atoms with Crippen LogP contribution in [-0.2, 0) is 16.0 Å². The summed E-state index contributed by atoms with van der Waals surface area (Å²) in [5, 5.41) is 22.9. The minimum atomic E-state index is -0.792. The summed E-state index contributed by atoms with van der Waals surface area (Å²) in [6.45, 7) is 3.30. The standard InChI is InChI=1S/C24H28N4O10/c1-6-38-24(30)26-14(2)9-19(17-11-21(35-3)22(36-4)12-20(17)26)25(23(29)37-5)13-15-7-8-16(27(31)32)10-18(15)28(33)34/h7-8,10-12,14,19H,6,9,13H2,1-5H3/t14-,19+/m1/s1. The minimum absolute atomic E-state index is 0.0634. The average Bonchev–Trinajstić information content (AvgIpc) is 2.89. The van der Waals surface area contributed by atoms with Crippen molar-refractivity contribution in [1.29, 1.82) is 0 Å². The van der Waals surface area contributed by atoms with Gasteiger partial charge in [0.25, 0.3) is 11.4 Å². The molecular formula is C24H28N4O10. The Bertz CT molecular complexity index is 1250. The highest BCUT2D eigenvalue weighted by molar-refractivity contribution is 5.91. The van der Waals surface area contributed by atoms with Crippen LogP contribution >= 0.6 is 0 Å². The van der Waals surface area contributed by atoms with Crippen LogP contribution in [0.3, 0.4) is 0 Å². The summed E-state index contributed by atoms with van der Waals surface area (Å²) in [6, 6.07) is 5.23. The smallest absolute Gasteiger partial charge is 0.414 e. The van der Waals surface area contributed by atoms with Crippen molar-refractivity contribution in [1.82, 2.24) is 4.90 Å². The number of amides is 2. The highest BCUT2D eigenvalue weighted by atomic mass is 16.6. The van der Waals surface area contributed by atoms with Crippen LogP contribution in [0.5, 0.6) is 11.5 Å². The topological polar surface area (TPSA) is 164 Å². The van der Waals surface area contributed by atoms with Crippen LogP contribution in [0.25, 0.3) is 0 Å². The molecule has 0 aliphatic carbocycles. The molecule has 0 saturated heterocycles. The highest BCUT2D eigenvalue weighted by Crippen LogP contribution is 2.46. The van der Waals surface area contributed by atoms with Crippen molar-refractivity contribution in [2.75, 3.05) is 32.8 Å². The Labute approximate surface area is 217 Å². The van der Waals surface area contributed by atoms with Crippen molar-refractivity contribution in [3.63, 3.8) is 0 Å². The molecule has 14 nitrogen and oxygen atoms in total. The van der Waals surface area contributed by atoms with Gasteiger partial charge in [-0.25, -0.2) is 9.59 Å². The van der Waals surface area contributed by atoms with Gasteiger partial charge in [0.1, 0.15) is 0 Å². The molecular weight excluding hydrogens is 504 g/mol. The maximum Gasteiger partial charge on any atom is 0.414 e. The Morgan fingerprint density at radius 2 is 1.71 bits per heavy atom. The monoisotopic (exact) mass is 532 g/mol. The number of anilines is 1. The van der Waals surface area contributed by atoms with Gasteiger partial charge in [-0.2, -0.15) is 0 Å². The first-order chi connectivity index (χ1) is 18.1. The largest absolute Gasteiger partial charge is 0.493 e. The molecule has 14 heteroatoms. The molecule has 0 fully saturated rings. The predicted octanol–water partition coefficient (Wildman–Crippen LogP) is 4.59. The number of benzene rings is 2. The molecule has 3 rings (SSSR count). The van der Waals surface area contributed by atoms with Crippen LogP contribution in [0.4, 0.5) is 26.7 Å². The molecule has 0 aromatic heterocycles. The van der Waals surface area contributed by atoms with Gasteiger partial charge >= 0.3 is 12.2 Å². The van der Waals surface area contributed by atoms with E-state index in [1.165, 1.54) is 37.2 Å². The Balaban J connectivity index is 2.19. The second-order valence-corrected chi connectivity index (χ2v) is 8.36. The lowest BCUT2D eigenvalue weighted by atomic mass is 9.90. The van der Waals surface area contributed by atoms with E-state index in [0.29, 0.717) is 22.7 Å². The number of nitro benzene ring substituents is 2. The van der Waals surface area contributed by atoms with Gasteiger partial charge in [0.05, 0.1) is 62.1 Å². The SMILES string of the molecule is CCOC(=O)N1c2cc(OC)c(OC)cc2[C@@H](N(Cc2ccc([N+](=O)[O-])cc2[N+](=O)[O-])C(=O)OC)C[C@H]1C. The van der Waals surface area contributed by atoms with E-state index in [1.807, 2.05) is 0 Å². The molecule has 0 spiro atoms. The number of nitrogens with zero attached hydrogens (tertiary/aromatic N) is 4. The molecule has 2 aromatic rings. The number of carbonyl (C=O) groups is 2. The van der Waals surface area contributed by atoms with Gasteiger partial charge < -0.3 is 18.9 Å². The van der Waals surface area contributed by atoms with Gasteiger partial charge in [0.15, 0.2) is 11.5 Å². The third kappa shape index (κ3) is 5.38. The third-order valence-electron chi connectivity index (χ3n) is 6.22. The number of fused-ring (bicyclic) bond motifs is 1. The normalized spacial score (nSPS) is 16.2. The zero-order valence-corrected chi connectivity index (χ0v) is 21.5. The number of hydrogen-bond donors (Lipinski definition) is 0. The van der Waals surface area contributed by atoms with Gasteiger partial charge in [-0.3, -0.25) is 30.0 Å². The van der Waals surface area contributed by atoms with Gasteiger partial charge in [-0.15, -0.1) is 0 Å². The Morgan fingerprint density at radius 3 is 2.26 bits per heavy atom. The summed E-state index contributed by atoms with van der Waals surface area (Å²) in [5.74, 6) is 0.671. The van der Waals surface area contributed by atoms with Crippen molar-refractivity contribution in [3.8, 4) is 11.5 Å². The summed E-state index contributed by atoms with van der Waals surface area (Å²) >= 11 is 0. The Morgan fingerprint density at radius 1 is 1.05 bits per heavy atom. The molecule has 1 heterocycles. The van der Waals surface area contributed by atoms with Gasteiger partial charge in [0, 0.05) is 29.3 Å². The molecule has 0 unspecified atom stereocenters. The van der Waals surface area contributed by atoms with Crippen molar-refractivity contribution < 1.29 is 38.4 Å². The first-order valence-electron chi connectivity index (χ1n) is 11.6. The molecule has 0 N–H and O–H groups in total. The molecule has 0 radical (unpaired) electrons. The number of nitro groups is 2. The molecule has 0 bridgehead atoms. The molecule has 2 aromatic carbocycles. The van der Waals surface area contributed by atoms with E-state index in [9.17, 15) is 29.8 Å². The van der Waals surface area contributed by atoms with Crippen molar-refractivity contribution in [2.45, 2.75) is 38.9 Å². The zero-order chi connectivity index (χ0) is 28.1. The van der Waals surface area contributed by atoms with Gasteiger partial charge in [-0.05, 0) is 32.4 Å². The fraction of sp³-hybridized carbons (Fsp3) is 0.417. The summed E-state index contributed by atoms with van der Waals surface area (Å²) in [6.07, 6.45) is -1.17. The van der Waals surface area contributed by atoms with E-state index in [4.69, 9.17) is 18.9 Å². The first kappa shape index (κ1) is 28.0. The zero-order valence-electron chi connectivity index (χ0n) is 21.5. The Hall–Kier alpha value is -4.62. The van der Waals surface area contributed by atoms with Crippen LogP contribution < -0.4 is 14.4 Å². The maximum atomic E-state index is 13.0. The average molecular weight is 533 g/mol. The van der Waals surface area contributed by atoms with Crippen LogP contribution in [-0.4, -0.2) is 60.9 Å². The lowest BCUT2D eigenvalue weighted by Gasteiger charge is -2.42. The van der Waals surface area contributed by atoms with Crippen LogP contribution in [0.15, 0.2) is 30.3 Å². The molecule has 204 valence electrons. The summed E-state index contributed by atoms with van der Waals surface area (Å²) in [7, 11) is 4.05. The van der Waals surface area contributed by atoms with Gasteiger partial charge in [0.2, 0.25) is 0 Å². The lowest BCUT2D eigenvalue weighted by molar-refractivity contribution is -0.394. The number of hydrogen-bond acceptors (Lipinski definition) is 10. The van der Waals surface area contributed by atoms with Gasteiger partial charge in [-0.1, -0.05) is 0 Å². The summed E-state index contributed by atoms with van der Waals surface area (Å²) < 4.78 is 21.1. The fourth-order valence-corrected chi connectivity index (χ4v) is 4.49. The van der Waals surface area contributed by atoms with E-state index in [2.05, 4.69) is 0 Å². The van der Waals surface area contributed by atoms with E-state index in [1.54, 1.807) is 26.0 Å². The van der Waals surface area contributed by atoms with Crippen molar-refractivity contribution >= 4 is 29.2 Å². The van der Waals surface area contributed by atoms with Crippen molar-refractivity contribution in [2.24, 2.45) is 0 Å². The van der Waals surface area contributed by atoms with E-state index in [-0.39, 0.29) is 25.1 Å². The van der Waals surface area contributed by atoms with Crippen LogP contribution in [0, 0.1) is 20.2 Å². The number of non-ortho nitro benzene ring substituents is 1. The second-order valence-electron chi connectivity index (χ2n) is 8.36. The van der Waals surface area contributed by atoms with Crippen LogP contribution in [0.1, 0.15) is 37.4 Å². The number of ether oxygens (including phenoxy) is 4. The van der Waals surface area contributed by atoms with E-state index in [0.717, 1.165) is 12.1 Å². The molecule has 2 amide bonds. The Kier molecular flexibility index (Phi) is 8.55. The quantitative estimate of drug-likeness (QED) is 0.347. The molecule has 1 aliphatic rings. The second kappa shape index (κ2) is 11.6. The maximum absolute atomic E-state index is 13.0. The fourth-order valence-electron chi connectivity index (χ4n) is 4.49. The number of methoxy groups -OCH3 is 3.